The minimum Gasteiger partial charge on any atom is -0.271 e. The van der Waals surface area contributed by atoms with Gasteiger partial charge < -0.3 is 0 Å². The summed E-state index contributed by atoms with van der Waals surface area (Å²) >= 11 is 4.89. The van der Waals surface area contributed by atoms with Crippen molar-refractivity contribution in [3.63, 3.8) is 0 Å². The van der Waals surface area contributed by atoms with E-state index in [0.29, 0.717) is 5.75 Å². The van der Waals surface area contributed by atoms with Crippen molar-refractivity contribution < 1.29 is 8.78 Å². The summed E-state index contributed by atoms with van der Waals surface area (Å²) in [4.78, 5) is 1.03. The van der Waals surface area contributed by atoms with Crippen LogP contribution in [-0.4, -0.2) is 5.75 Å². The van der Waals surface area contributed by atoms with Crippen molar-refractivity contribution in [2.45, 2.75) is 17.9 Å². The van der Waals surface area contributed by atoms with Crippen molar-refractivity contribution in [1.82, 2.24) is 5.43 Å². The van der Waals surface area contributed by atoms with E-state index in [1.54, 1.807) is 12.1 Å². The van der Waals surface area contributed by atoms with Crippen LogP contribution >= 0.6 is 27.7 Å². The molecule has 0 aliphatic rings. The molecule has 0 heterocycles. The lowest BCUT2D eigenvalue weighted by Gasteiger charge is -2.17. The molecule has 0 aromatic heterocycles. The topological polar surface area (TPSA) is 38.0 Å². The first-order chi connectivity index (χ1) is 10.0. The van der Waals surface area contributed by atoms with E-state index < -0.39 is 17.7 Å². The Morgan fingerprint density at radius 1 is 1.14 bits per heavy atom. The van der Waals surface area contributed by atoms with Gasteiger partial charge in [-0.15, -0.1) is 11.8 Å². The number of aryl methyl sites for hydroxylation is 1. The molecule has 0 radical (unpaired) electrons. The Morgan fingerprint density at radius 2 is 1.81 bits per heavy atom. The molecule has 2 aromatic carbocycles. The molecule has 1 unspecified atom stereocenters. The maximum Gasteiger partial charge on any atom is 0.163 e. The highest BCUT2D eigenvalue weighted by Crippen LogP contribution is 2.28. The number of thioether (sulfide) groups is 1. The molecule has 2 aromatic rings. The van der Waals surface area contributed by atoms with Crippen LogP contribution in [0.5, 0.6) is 0 Å². The van der Waals surface area contributed by atoms with Crippen molar-refractivity contribution in [2.24, 2.45) is 5.84 Å². The predicted molar refractivity (Wildman–Crippen MR) is 86.0 cm³/mol. The van der Waals surface area contributed by atoms with Gasteiger partial charge in [0.1, 0.15) is 0 Å². The van der Waals surface area contributed by atoms with Gasteiger partial charge in [-0.1, -0.05) is 28.1 Å². The summed E-state index contributed by atoms with van der Waals surface area (Å²) in [6, 6.07) is 10.4. The minimum absolute atomic E-state index is 0.241. The lowest BCUT2D eigenvalue weighted by molar-refractivity contribution is 0.474. The van der Waals surface area contributed by atoms with Crippen LogP contribution in [0.2, 0.25) is 0 Å². The summed E-state index contributed by atoms with van der Waals surface area (Å²) in [5.41, 5.74) is 3.08. The maximum absolute atomic E-state index is 14.0. The molecule has 112 valence electrons. The van der Waals surface area contributed by atoms with Crippen LogP contribution in [0.1, 0.15) is 17.2 Å². The molecule has 0 fully saturated rings. The Bertz CT molecular complexity index is 620. The lowest BCUT2D eigenvalue weighted by Crippen LogP contribution is -2.30. The van der Waals surface area contributed by atoms with E-state index in [0.717, 1.165) is 9.37 Å². The largest absolute Gasteiger partial charge is 0.271 e. The Morgan fingerprint density at radius 3 is 2.43 bits per heavy atom. The van der Waals surface area contributed by atoms with Gasteiger partial charge in [0.2, 0.25) is 0 Å². The second kappa shape index (κ2) is 7.35. The van der Waals surface area contributed by atoms with Gasteiger partial charge in [-0.05, 0) is 36.8 Å². The number of hydrogen-bond donors (Lipinski definition) is 2. The van der Waals surface area contributed by atoms with Crippen molar-refractivity contribution >= 4 is 27.7 Å². The molecule has 2 nitrogen and oxygen atoms in total. The van der Waals surface area contributed by atoms with E-state index in [1.807, 2.05) is 24.3 Å². The van der Waals surface area contributed by atoms with Gasteiger partial charge in [-0.3, -0.25) is 11.3 Å². The zero-order chi connectivity index (χ0) is 15.4. The Kier molecular flexibility index (Phi) is 5.75. The second-order valence-electron chi connectivity index (χ2n) is 4.58. The first-order valence-corrected chi connectivity index (χ1v) is 8.09. The molecule has 0 saturated heterocycles. The van der Waals surface area contributed by atoms with E-state index in [1.165, 1.54) is 18.7 Å². The molecule has 0 aliphatic heterocycles. The van der Waals surface area contributed by atoms with Crippen LogP contribution < -0.4 is 11.3 Å². The Hall–Kier alpha value is -0.950. The van der Waals surface area contributed by atoms with Crippen molar-refractivity contribution in [3.05, 3.63) is 63.6 Å². The molecule has 0 bridgehead atoms. The summed E-state index contributed by atoms with van der Waals surface area (Å²) in [7, 11) is 0. The summed E-state index contributed by atoms with van der Waals surface area (Å²) in [5.74, 6) is 4.33. The van der Waals surface area contributed by atoms with Crippen LogP contribution in [0, 0.1) is 18.6 Å². The van der Waals surface area contributed by atoms with E-state index in [2.05, 4.69) is 21.4 Å². The average molecular weight is 373 g/mol. The smallest absolute Gasteiger partial charge is 0.163 e. The van der Waals surface area contributed by atoms with Gasteiger partial charge >= 0.3 is 0 Å². The highest BCUT2D eigenvalue weighted by Gasteiger charge is 2.18. The van der Waals surface area contributed by atoms with E-state index >= 15 is 0 Å². The van der Waals surface area contributed by atoms with Gasteiger partial charge in [0.05, 0.1) is 6.04 Å². The zero-order valence-corrected chi connectivity index (χ0v) is 13.8. The summed E-state index contributed by atoms with van der Waals surface area (Å²) in [6.07, 6.45) is 0. The van der Waals surface area contributed by atoms with Crippen LogP contribution in [-0.2, 0) is 0 Å². The number of nitrogens with one attached hydrogen (secondary N) is 1. The number of nitrogens with two attached hydrogens (primary N) is 1. The van der Waals surface area contributed by atoms with Crippen LogP contribution in [0.15, 0.2) is 45.8 Å². The maximum atomic E-state index is 14.0. The van der Waals surface area contributed by atoms with E-state index in [4.69, 9.17) is 5.84 Å². The lowest BCUT2D eigenvalue weighted by atomic mass is 10.1. The van der Waals surface area contributed by atoms with Crippen molar-refractivity contribution in [3.8, 4) is 0 Å². The fraction of sp³-hybridized carbons (Fsp3) is 0.200. The number of hydrazine groups is 1. The van der Waals surface area contributed by atoms with Gasteiger partial charge in [0.25, 0.3) is 0 Å². The van der Waals surface area contributed by atoms with Gasteiger partial charge in [-0.25, -0.2) is 8.78 Å². The number of rotatable bonds is 5. The molecular formula is C15H15BrF2N2S. The van der Waals surface area contributed by atoms with Gasteiger partial charge in [0.15, 0.2) is 11.6 Å². The molecule has 21 heavy (non-hydrogen) atoms. The fourth-order valence-electron chi connectivity index (χ4n) is 1.87. The third-order valence-electron chi connectivity index (χ3n) is 3.11. The first-order valence-electron chi connectivity index (χ1n) is 6.32. The highest BCUT2D eigenvalue weighted by molar-refractivity contribution is 9.10. The average Bonchev–Trinajstić information content (AvgIpc) is 2.49. The zero-order valence-electron chi connectivity index (χ0n) is 11.4. The third-order valence-corrected chi connectivity index (χ3v) is 4.75. The van der Waals surface area contributed by atoms with Gasteiger partial charge in [-0.2, -0.15) is 0 Å². The molecule has 0 amide bonds. The van der Waals surface area contributed by atoms with Crippen LogP contribution in [0.4, 0.5) is 8.78 Å². The molecule has 1 atom stereocenters. The van der Waals surface area contributed by atoms with Crippen molar-refractivity contribution in [1.29, 1.82) is 0 Å². The molecule has 3 N–H and O–H groups in total. The summed E-state index contributed by atoms with van der Waals surface area (Å²) in [5, 5.41) is 0. The quantitative estimate of drug-likeness (QED) is 0.465. The van der Waals surface area contributed by atoms with Crippen LogP contribution in [0.3, 0.4) is 0 Å². The summed E-state index contributed by atoms with van der Waals surface area (Å²) < 4.78 is 28.6. The van der Waals surface area contributed by atoms with Gasteiger partial charge in [0, 0.05) is 20.7 Å². The minimum atomic E-state index is -0.839. The van der Waals surface area contributed by atoms with Crippen molar-refractivity contribution in [2.75, 3.05) is 5.75 Å². The SMILES string of the molecule is Cc1ccc(C(CSc2ccc(Br)cc2)NN)c(F)c1F. The fourth-order valence-corrected chi connectivity index (χ4v) is 3.10. The predicted octanol–water partition coefficient (Wildman–Crippen LogP) is 4.33. The molecule has 0 spiro atoms. The number of benzene rings is 2. The molecule has 0 saturated carbocycles. The van der Waals surface area contributed by atoms with E-state index in [9.17, 15) is 8.78 Å². The summed E-state index contributed by atoms with van der Waals surface area (Å²) in [6.45, 7) is 1.53. The molecule has 2 rings (SSSR count). The molecule has 6 heteroatoms. The third kappa shape index (κ3) is 4.03. The Balaban J connectivity index is 2.13. The number of halogens is 3. The monoisotopic (exact) mass is 372 g/mol. The normalized spacial score (nSPS) is 12.4. The van der Waals surface area contributed by atoms with Crippen LogP contribution in [0.25, 0.3) is 0 Å². The number of hydrogen-bond acceptors (Lipinski definition) is 3. The molecule has 0 aliphatic carbocycles. The standard InChI is InChI=1S/C15H15BrF2N2S/c1-9-2-7-12(15(18)14(9)17)13(20-19)8-21-11-5-3-10(16)4-6-11/h2-7,13,20H,8,19H2,1H3. The highest BCUT2D eigenvalue weighted by atomic mass is 79.9. The molecular weight excluding hydrogens is 358 g/mol. The Labute approximate surface area is 135 Å². The first kappa shape index (κ1) is 16.4. The second-order valence-corrected chi connectivity index (χ2v) is 6.59. The van der Waals surface area contributed by atoms with E-state index in [-0.39, 0.29) is 11.1 Å².